The van der Waals surface area contributed by atoms with Gasteiger partial charge in [0, 0.05) is 45.0 Å². The number of anilines is 2. The van der Waals surface area contributed by atoms with Gasteiger partial charge in [-0.15, -0.1) is 0 Å². The van der Waals surface area contributed by atoms with Crippen LogP contribution in [0.2, 0.25) is 0 Å². The summed E-state index contributed by atoms with van der Waals surface area (Å²) in [6.45, 7) is 7.94. The summed E-state index contributed by atoms with van der Waals surface area (Å²) in [6, 6.07) is 8.20. The van der Waals surface area contributed by atoms with Crippen LogP contribution >= 0.6 is 0 Å². The van der Waals surface area contributed by atoms with Crippen molar-refractivity contribution < 1.29 is 0 Å². The van der Waals surface area contributed by atoms with E-state index in [0.717, 1.165) is 32.0 Å². The van der Waals surface area contributed by atoms with Crippen molar-refractivity contribution in [1.29, 1.82) is 0 Å². The molecule has 0 saturated carbocycles. The molecule has 0 amide bonds. The lowest BCUT2D eigenvalue weighted by Gasteiger charge is -2.37. The van der Waals surface area contributed by atoms with Gasteiger partial charge in [0.25, 0.3) is 5.56 Å². The third kappa shape index (κ3) is 2.84. The van der Waals surface area contributed by atoms with Crippen LogP contribution < -0.4 is 15.4 Å². The van der Waals surface area contributed by atoms with Crippen molar-refractivity contribution in [1.82, 2.24) is 9.55 Å². The van der Waals surface area contributed by atoms with Crippen molar-refractivity contribution in [3.63, 3.8) is 0 Å². The van der Waals surface area contributed by atoms with Crippen molar-refractivity contribution >= 4 is 11.5 Å². The van der Waals surface area contributed by atoms with Crippen LogP contribution in [0, 0.1) is 13.8 Å². The molecular formula is C17H22N4O. The van der Waals surface area contributed by atoms with Crippen LogP contribution in [0.5, 0.6) is 0 Å². The summed E-state index contributed by atoms with van der Waals surface area (Å²) >= 11 is 0. The average molecular weight is 298 g/mol. The number of hydrogen-bond acceptors (Lipinski definition) is 4. The lowest BCUT2D eigenvalue weighted by Crippen LogP contribution is -2.47. The van der Waals surface area contributed by atoms with Gasteiger partial charge in [-0.3, -0.25) is 4.79 Å². The van der Waals surface area contributed by atoms with E-state index in [2.05, 4.69) is 46.8 Å². The molecule has 22 heavy (non-hydrogen) atoms. The maximum absolute atomic E-state index is 11.7. The first-order chi connectivity index (χ1) is 10.5. The molecule has 5 nitrogen and oxygen atoms in total. The second-order valence-corrected chi connectivity index (χ2v) is 5.96. The Morgan fingerprint density at radius 1 is 1.00 bits per heavy atom. The maximum atomic E-state index is 11.7. The summed E-state index contributed by atoms with van der Waals surface area (Å²) in [5, 5.41) is 0. The molecule has 116 valence electrons. The Morgan fingerprint density at radius 2 is 1.68 bits per heavy atom. The van der Waals surface area contributed by atoms with E-state index in [1.165, 1.54) is 21.4 Å². The minimum Gasteiger partial charge on any atom is -0.368 e. The summed E-state index contributed by atoms with van der Waals surface area (Å²) in [4.78, 5) is 20.7. The Kier molecular flexibility index (Phi) is 3.88. The minimum atomic E-state index is -0.0121. The molecule has 0 radical (unpaired) electrons. The molecule has 0 unspecified atom stereocenters. The van der Waals surface area contributed by atoms with Gasteiger partial charge in [-0.25, -0.2) is 4.98 Å². The van der Waals surface area contributed by atoms with E-state index >= 15 is 0 Å². The van der Waals surface area contributed by atoms with Crippen molar-refractivity contribution in [3.8, 4) is 0 Å². The molecule has 0 N–H and O–H groups in total. The molecule has 1 aliphatic rings. The monoisotopic (exact) mass is 298 g/mol. The third-order valence-corrected chi connectivity index (χ3v) is 4.27. The highest BCUT2D eigenvalue weighted by Gasteiger charge is 2.19. The molecule has 1 saturated heterocycles. The molecule has 2 heterocycles. The Bertz CT molecular complexity index is 730. The average Bonchev–Trinajstić information content (AvgIpc) is 2.53. The summed E-state index contributed by atoms with van der Waals surface area (Å²) in [7, 11) is 1.72. The van der Waals surface area contributed by atoms with Crippen LogP contribution in [-0.4, -0.2) is 35.7 Å². The van der Waals surface area contributed by atoms with Gasteiger partial charge in [0.1, 0.15) is 5.82 Å². The van der Waals surface area contributed by atoms with Crippen LogP contribution in [0.25, 0.3) is 0 Å². The molecule has 0 aliphatic carbocycles. The molecule has 5 heteroatoms. The molecule has 0 spiro atoms. The van der Waals surface area contributed by atoms with Gasteiger partial charge in [0.05, 0.1) is 6.33 Å². The summed E-state index contributed by atoms with van der Waals surface area (Å²) in [6.07, 6.45) is 1.59. The summed E-state index contributed by atoms with van der Waals surface area (Å²) in [5.41, 5.74) is 3.90. The van der Waals surface area contributed by atoms with Crippen molar-refractivity contribution in [2.24, 2.45) is 7.05 Å². The van der Waals surface area contributed by atoms with E-state index in [9.17, 15) is 4.79 Å². The standard InChI is InChI=1S/C17H22N4O/c1-13-4-5-14(2)15(10-13)20-6-8-21(9-7-20)16-11-17(22)19(3)12-18-16/h4-5,10-12H,6-9H2,1-3H3. The van der Waals surface area contributed by atoms with E-state index < -0.39 is 0 Å². The number of hydrogen-bond donors (Lipinski definition) is 0. The number of aromatic nitrogens is 2. The first-order valence-electron chi connectivity index (χ1n) is 7.64. The van der Waals surface area contributed by atoms with Gasteiger partial charge >= 0.3 is 0 Å². The van der Waals surface area contributed by atoms with Crippen LogP contribution in [0.1, 0.15) is 11.1 Å². The van der Waals surface area contributed by atoms with Crippen LogP contribution in [0.4, 0.5) is 11.5 Å². The number of aryl methyl sites for hydroxylation is 3. The SMILES string of the molecule is Cc1ccc(C)c(N2CCN(c3cc(=O)n(C)cn3)CC2)c1. The first-order valence-corrected chi connectivity index (χ1v) is 7.64. The van der Waals surface area contributed by atoms with E-state index in [1.54, 1.807) is 19.4 Å². The molecule has 0 atom stereocenters. The fourth-order valence-corrected chi connectivity index (χ4v) is 2.86. The fourth-order valence-electron chi connectivity index (χ4n) is 2.86. The number of piperazine rings is 1. The van der Waals surface area contributed by atoms with E-state index in [0.29, 0.717) is 0 Å². The topological polar surface area (TPSA) is 41.4 Å². The molecule has 1 aromatic carbocycles. The van der Waals surface area contributed by atoms with Gasteiger partial charge in [-0.1, -0.05) is 12.1 Å². The van der Waals surface area contributed by atoms with Crippen LogP contribution in [0.3, 0.4) is 0 Å². The normalized spacial score (nSPS) is 15.2. The van der Waals surface area contributed by atoms with Crippen LogP contribution in [-0.2, 0) is 7.05 Å². The number of nitrogens with zero attached hydrogens (tertiary/aromatic N) is 4. The molecule has 2 aromatic rings. The molecule has 1 aliphatic heterocycles. The van der Waals surface area contributed by atoms with Gasteiger partial charge in [0.15, 0.2) is 0 Å². The second-order valence-electron chi connectivity index (χ2n) is 5.96. The zero-order valence-corrected chi connectivity index (χ0v) is 13.4. The smallest absolute Gasteiger partial charge is 0.255 e. The summed E-state index contributed by atoms with van der Waals surface area (Å²) in [5.74, 6) is 0.781. The third-order valence-electron chi connectivity index (χ3n) is 4.27. The first kappa shape index (κ1) is 14.6. The second kappa shape index (κ2) is 5.83. The Morgan fingerprint density at radius 3 is 2.36 bits per heavy atom. The van der Waals surface area contributed by atoms with Gasteiger partial charge in [-0.05, 0) is 31.0 Å². The lowest BCUT2D eigenvalue weighted by atomic mass is 10.1. The zero-order chi connectivity index (χ0) is 15.7. The van der Waals surface area contributed by atoms with Gasteiger partial charge in [0.2, 0.25) is 0 Å². The maximum Gasteiger partial charge on any atom is 0.255 e. The predicted molar refractivity (Wildman–Crippen MR) is 89.8 cm³/mol. The molecule has 3 rings (SSSR count). The molecular weight excluding hydrogens is 276 g/mol. The van der Waals surface area contributed by atoms with Crippen molar-refractivity contribution in [2.75, 3.05) is 36.0 Å². The minimum absolute atomic E-state index is 0.0121. The number of benzene rings is 1. The zero-order valence-electron chi connectivity index (χ0n) is 13.4. The molecule has 0 bridgehead atoms. The fraction of sp³-hybridized carbons (Fsp3) is 0.412. The largest absolute Gasteiger partial charge is 0.368 e. The predicted octanol–water partition coefficient (Wildman–Crippen LogP) is 1.72. The Balaban J connectivity index is 1.73. The highest BCUT2D eigenvalue weighted by atomic mass is 16.1. The quantitative estimate of drug-likeness (QED) is 0.846. The highest BCUT2D eigenvalue weighted by molar-refractivity contribution is 5.56. The summed E-state index contributed by atoms with van der Waals surface area (Å²) < 4.78 is 1.50. The van der Waals surface area contributed by atoms with Gasteiger partial charge < -0.3 is 14.4 Å². The Labute approximate surface area is 130 Å². The lowest BCUT2D eigenvalue weighted by molar-refractivity contribution is 0.642. The van der Waals surface area contributed by atoms with Gasteiger partial charge in [-0.2, -0.15) is 0 Å². The van der Waals surface area contributed by atoms with E-state index in [1.807, 2.05) is 0 Å². The Hall–Kier alpha value is -2.30. The van der Waals surface area contributed by atoms with E-state index in [4.69, 9.17) is 0 Å². The van der Waals surface area contributed by atoms with E-state index in [-0.39, 0.29) is 5.56 Å². The highest BCUT2D eigenvalue weighted by Crippen LogP contribution is 2.23. The van der Waals surface area contributed by atoms with Crippen LogP contribution in [0.15, 0.2) is 35.4 Å². The number of rotatable bonds is 2. The van der Waals surface area contributed by atoms with Crippen molar-refractivity contribution in [3.05, 3.63) is 52.1 Å². The molecule has 1 fully saturated rings. The molecule has 1 aromatic heterocycles. The van der Waals surface area contributed by atoms with Crippen molar-refractivity contribution in [2.45, 2.75) is 13.8 Å².